The Labute approximate surface area is 180 Å². The number of hydrogen-bond donors (Lipinski definition) is 1. The molecule has 0 atom stereocenters. The van der Waals surface area contributed by atoms with Crippen LogP contribution in [-0.2, 0) is 17.6 Å². The molecule has 3 nitrogen and oxygen atoms in total. The van der Waals surface area contributed by atoms with E-state index in [1.54, 1.807) is 0 Å². The number of anilines is 1. The van der Waals surface area contributed by atoms with Crippen molar-refractivity contribution in [3.05, 3.63) is 74.1 Å². The minimum absolute atomic E-state index is 0.109. The lowest BCUT2D eigenvalue weighted by molar-refractivity contribution is -0.110. The zero-order valence-electron chi connectivity index (χ0n) is 15.0. The summed E-state index contributed by atoms with van der Waals surface area (Å²) in [4.78, 5) is 12.7. The third kappa shape index (κ3) is 2.97. The van der Waals surface area contributed by atoms with E-state index in [0.29, 0.717) is 5.57 Å². The largest absolute Gasteiger partial charge is 0.461 e. The van der Waals surface area contributed by atoms with Crippen molar-refractivity contribution in [1.29, 1.82) is 0 Å². The van der Waals surface area contributed by atoms with Gasteiger partial charge in [0.05, 0.1) is 11.3 Å². The molecular weight excluding hydrogens is 482 g/mol. The predicted octanol–water partition coefficient (Wildman–Crippen LogP) is 6.84. The molecule has 2 aliphatic rings. The summed E-state index contributed by atoms with van der Waals surface area (Å²) in [5, 5.41) is 2.97. The molecule has 1 aliphatic carbocycles. The Hall–Kier alpha value is -2.11. The van der Waals surface area contributed by atoms with E-state index < -0.39 is 0 Å². The quantitative estimate of drug-likeness (QED) is 0.393. The second-order valence-corrected chi connectivity index (χ2v) is 8.91. The van der Waals surface area contributed by atoms with E-state index in [9.17, 15) is 4.79 Å². The average Bonchev–Trinajstić information content (AvgIpc) is 3.21. The van der Waals surface area contributed by atoms with Crippen LogP contribution in [0.5, 0.6) is 0 Å². The summed E-state index contributed by atoms with van der Waals surface area (Å²) in [5.74, 6) is 1.72. The molecule has 28 heavy (non-hydrogen) atoms. The van der Waals surface area contributed by atoms with Crippen molar-refractivity contribution in [2.24, 2.45) is 0 Å². The monoisotopic (exact) mass is 497 g/mol. The lowest BCUT2D eigenvalue weighted by Crippen LogP contribution is -2.03. The summed E-state index contributed by atoms with van der Waals surface area (Å²) >= 11 is 7.07. The number of amides is 1. The van der Waals surface area contributed by atoms with E-state index in [2.05, 4.69) is 49.3 Å². The van der Waals surface area contributed by atoms with Crippen molar-refractivity contribution in [3.63, 3.8) is 0 Å². The van der Waals surface area contributed by atoms with Crippen LogP contribution in [0.25, 0.3) is 22.8 Å². The van der Waals surface area contributed by atoms with Crippen molar-refractivity contribution in [3.8, 4) is 11.1 Å². The molecular formula is C23H17Br2NO2. The number of rotatable bonds is 2. The highest BCUT2D eigenvalue weighted by molar-refractivity contribution is 9.11. The molecule has 140 valence electrons. The smallest absolute Gasteiger partial charge is 0.256 e. The lowest BCUT2D eigenvalue weighted by atomic mass is 9.91. The first-order valence-electron chi connectivity index (χ1n) is 9.34. The summed E-state index contributed by atoms with van der Waals surface area (Å²) in [6.07, 6.45) is 6.20. The van der Waals surface area contributed by atoms with Crippen LogP contribution < -0.4 is 5.32 Å². The second-order valence-electron chi connectivity index (χ2n) is 7.14. The molecule has 0 saturated carbocycles. The fourth-order valence-corrected chi connectivity index (χ4v) is 5.43. The molecule has 1 amide bonds. The first-order valence-corrected chi connectivity index (χ1v) is 10.9. The zero-order chi connectivity index (χ0) is 19.3. The minimum Gasteiger partial charge on any atom is -0.461 e. The van der Waals surface area contributed by atoms with Crippen molar-refractivity contribution >= 4 is 55.1 Å². The first kappa shape index (κ1) is 18.0. The Balaban J connectivity index is 1.72. The molecule has 0 fully saturated rings. The molecule has 0 unspecified atom stereocenters. The number of halogens is 2. The molecule has 5 heteroatoms. The molecule has 0 radical (unpaired) electrons. The Morgan fingerprint density at radius 1 is 1.04 bits per heavy atom. The number of benzene rings is 2. The second kappa shape index (κ2) is 7.05. The number of nitrogens with one attached hydrogen (secondary N) is 1. The topological polar surface area (TPSA) is 42.2 Å². The van der Waals surface area contributed by atoms with Crippen LogP contribution >= 0.6 is 31.9 Å². The van der Waals surface area contributed by atoms with Gasteiger partial charge in [0.1, 0.15) is 11.5 Å². The Morgan fingerprint density at radius 3 is 2.64 bits per heavy atom. The fourth-order valence-electron chi connectivity index (χ4n) is 4.10. The Morgan fingerprint density at radius 2 is 1.82 bits per heavy atom. The van der Waals surface area contributed by atoms with Gasteiger partial charge in [-0.25, -0.2) is 0 Å². The summed E-state index contributed by atoms with van der Waals surface area (Å²) in [7, 11) is 0. The van der Waals surface area contributed by atoms with E-state index in [1.165, 1.54) is 12.0 Å². The molecule has 0 saturated heterocycles. The van der Waals surface area contributed by atoms with Crippen molar-refractivity contribution in [2.75, 3.05) is 5.32 Å². The number of carbonyl (C=O) groups is 1. The summed E-state index contributed by atoms with van der Waals surface area (Å²) < 4.78 is 8.07. The maximum atomic E-state index is 12.7. The van der Waals surface area contributed by atoms with E-state index in [-0.39, 0.29) is 5.91 Å². The minimum atomic E-state index is -0.109. The summed E-state index contributed by atoms with van der Waals surface area (Å²) in [6.45, 7) is 0. The summed E-state index contributed by atoms with van der Waals surface area (Å²) in [6, 6.07) is 14.2. The highest BCUT2D eigenvalue weighted by Crippen LogP contribution is 2.43. The van der Waals surface area contributed by atoms with Crippen LogP contribution in [0, 0.1) is 0 Å². The zero-order valence-corrected chi connectivity index (χ0v) is 18.2. The van der Waals surface area contributed by atoms with Gasteiger partial charge in [-0.1, -0.05) is 46.3 Å². The van der Waals surface area contributed by atoms with Gasteiger partial charge in [0.15, 0.2) is 0 Å². The number of aryl methyl sites for hydroxylation is 1. The van der Waals surface area contributed by atoms with Gasteiger partial charge in [-0.05, 0) is 59.0 Å². The molecule has 3 aromatic rings. The highest BCUT2D eigenvalue weighted by Gasteiger charge is 2.29. The van der Waals surface area contributed by atoms with Crippen LogP contribution in [0.15, 0.2) is 55.8 Å². The first-order chi connectivity index (χ1) is 13.6. The van der Waals surface area contributed by atoms with Crippen LogP contribution in [-0.4, -0.2) is 5.91 Å². The maximum absolute atomic E-state index is 12.7. The Bertz CT molecular complexity index is 1130. The van der Waals surface area contributed by atoms with Crippen molar-refractivity contribution in [2.45, 2.75) is 25.7 Å². The third-order valence-electron chi connectivity index (χ3n) is 5.36. The predicted molar refractivity (Wildman–Crippen MR) is 119 cm³/mol. The van der Waals surface area contributed by atoms with Crippen LogP contribution in [0.1, 0.15) is 35.5 Å². The van der Waals surface area contributed by atoms with E-state index >= 15 is 0 Å². The van der Waals surface area contributed by atoms with Gasteiger partial charge < -0.3 is 9.73 Å². The molecule has 0 bridgehead atoms. The van der Waals surface area contributed by atoms with Crippen LogP contribution in [0.2, 0.25) is 0 Å². The number of furan rings is 1. The molecule has 5 rings (SSSR count). The maximum Gasteiger partial charge on any atom is 0.256 e. The average molecular weight is 499 g/mol. The fraction of sp³-hybridized carbons (Fsp3) is 0.174. The van der Waals surface area contributed by atoms with Gasteiger partial charge in [-0.3, -0.25) is 4.79 Å². The van der Waals surface area contributed by atoms with Gasteiger partial charge >= 0.3 is 0 Å². The SMILES string of the molecule is O=C1Nc2c(Br)cc(Br)cc2C1=Cc1oc2c(c1-c1ccccc1)CCCC2. The van der Waals surface area contributed by atoms with Crippen LogP contribution in [0.4, 0.5) is 5.69 Å². The molecule has 1 aromatic heterocycles. The number of hydrogen-bond acceptors (Lipinski definition) is 2. The van der Waals surface area contributed by atoms with Gasteiger partial charge in [0.25, 0.3) is 5.91 Å². The molecule has 2 aromatic carbocycles. The van der Waals surface area contributed by atoms with Gasteiger partial charge in [-0.15, -0.1) is 0 Å². The molecule has 1 aliphatic heterocycles. The van der Waals surface area contributed by atoms with Crippen molar-refractivity contribution in [1.82, 2.24) is 0 Å². The molecule has 0 spiro atoms. The highest BCUT2D eigenvalue weighted by atomic mass is 79.9. The van der Waals surface area contributed by atoms with Crippen LogP contribution in [0.3, 0.4) is 0 Å². The molecule has 2 heterocycles. The summed E-state index contributed by atoms with van der Waals surface area (Å²) in [5.41, 5.74) is 5.85. The number of fused-ring (bicyclic) bond motifs is 2. The standard InChI is InChI=1S/C23H17Br2NO2/c24-14-10-16-17(23(27)26-22(16)18(25)11-14)12-20-21(13-6-2-1-3-7-13)15-8-4-5-9-19(15)28-20/h1-3,6-7,10-12H,4-5,8-9H2,(H,26,27). The lowest BCUT2D eigenvalue weighted by Gasteiger charge is -2.11. The number of carbonyl (C=O) groups excluding carboxylic acids is 1. The van der Waals surface area contributed by atoms with E-state index in [1.807, 2.05) is 36.4 Å². The van der Waals surface area contributed by atoms with E-state index in [0.717, 1.165) is 62.1 Å². The molecule has 1 N–H and O–H groups in total. The Kier molecular flexibility index (Phi) is 4.52. The van der Waals surface area contributed by atoms with Crippen molar-refractivity contribution < 1.29 is 9.21 Å². The van der Waals surface area contributed by atoms with Gasteiger partial charge in [0, 0.05) is 32.1 Å². The van der Waals surface area contributed by atoms with Gasteiger partial charge in [0.2, 0.25) is 0 Å². The third-order valence-corrected chi connectivity index (χ3v) is 6.45. The van der Waals surface area contributed by atoms with E-state index in [4.69, 9.17) is 4.42 Å². The normalized spacial score (nSPS) is 16.8. The van der Waals surface area contributed by atoms with Gasteiger partial charge in [-0.2, -0.15) is 0 Å².